The predicted molar refractivity (Wildman–Crippen MR) is 174 cm³/mol. The van der Waals surface area contributed by atoms with Crippen LogP contribution in [-0.2, 0) is 20.8 Å². The van der Waals surface area contributed by atoms with E-state index in [2.05, 4.69) is 5.32 Å². The number of alkyl halides is 1. The van der Waals surface area contributed by atoms with Crippen molar-refractivity contribution in [1.82, 2.24) is 0 Å². The highest BCUT2D eigenvalue weighted by Crippen LogP contribution is 2.69. The highest BCUT2D eigenvalue weighted by atomic mass is 35.5. The zero-order chi connectivity index (χ0) is 34.5. The SMILES string of the molecule is C[C@]12C=CC(=O)C=C1CC[C@H]1[C@@H]3C[C@@H](O)[C@](O)(C(=O)CO)[C@@]3(C)C[C@H](O)[C@@]12F.O=C(O)Cc1ccccc1Nc1c(Cl)cccc1Cl. The predicted octanol–water partition coefficient (Wildman–Crippen LogP) is 4.98. The summed E-state index contributed by atoms with van der Waals surface area (Å²) in [6, 6.07) is 12.3. The van der Waals surface area contributed by atoms with Gasteiger partial charge in [-0.3, -0.25) is 14.4 Å². The Morgan fingerprint density at radius 2 is 1.68 bits per heavy atom. The number of para-hydroxylation sites is 2. The lowest BCUT2D eigenvalue weighted by Crippen LogP contribution is -2.69. The quantitative estimate of drug-likeness (QED) is 0.245. The molecule has 8 atom stereocenters. The maximum atomic E-state index is 16.8. The summed E-state index contributed by atoms with van der Waals surface area (Å²) in [6.07, 6.45) is 1.87. The summed E-state index contributed by atoms with van der Waals surface area (Å²) in [7, 11) is 0. The van der Waals surface area contributed by atoms with Crippen LogP contribution in [0.25, 0.3) is 0 Å². The van der Waals surface area contributed by atoms with E-state index in [0.717, 1.165) is 0 Å². The second kappa shape index (κ2) is 12.7. The topological polar surface area (TPSA) is 164 Å². The highest BCUT2D eigenvalue weighted by molar-refractivity contribution is 6.39. The minimum Gasteiger partial charge on any atom is -0.481 e. The van der Waals surface area contributed by atoms with Crippen LogP contribution in [0.2, 0.25) is 10.0 Å². The van der Waals surface area contributed by atoms with E-state index in [-0.39, 0.29) is 25.0 Å². The Kier molecular flexibility index (Phi) is 9.53. The van der Waals surface area contributed by atoms with E-state index in [4.69, 9.17) is 28.3 Å². The molecule has 0 amide bonds. The number of aliphatic hydroxyl groups excluding tert-OH is 3. The van der Waals surface area contributed by atoms with Crippen molar-refractivity contribution in [2.75, 3.05) is 11.9 Å². The number of carbonyl (C=O) groups excluding carboxylic acids is 2. The smallest absolute Gasteiger partial charge is 0.307 e. The Labute approximate surface area is 281 Å². The normalized spacial score (nSPS) is 35.4. The van der Waals surface area contributed by atoms with E-state index in [1.165, 1.54) is 18.2 Å². The molecule has 6 rings (SSSR count). The Bertz CT molecular complexity index is 1650. The lowest BCUT2D eigenvalue weighted by Gasteiger charge is -2.62. The summed E-state index contributed by atoms with van der Waals surface area (Å²) in [5.41, 5.74) is -4.19. The molecule has 252 valence electrons. The minimum absolute atomic E-state index is 0.0135. The summed E-state index contributed by atoms with van der Waals surface area (Å²) in [5.74, 6) is -3.27. The standard InChI is InChI=1S/C21H27FO6.C14H11Cl2NO2/c1-18-6-5-12(24)7-11(18)3-4-13-14-8-15(25)21(28,17(27)10-23)19(14,2)9-16(26)20(13,18)22;15-10-5-3-6-11(16)14(10)17-12-7-2-1-4-9(12)8-13(18)19/h5-7,13-16,23,25-26,28H,3-4,8-10H2,1-2H3;1-7,17H,8H2,(H,18,19)/t13-,14-,15+,16-,18-,19-,20-,21-;/m0./s1. The first-order valence-corrected chi connectivity index (χ1v) is 16.2. The van der Waals surface area contributed by atoms with Crippen LogP contribution in [0.5, 0.6) is 0 Å². The van der Waals surface area contributed by atoms with Crippen molar-refractivity contribution in [2.45, 2.75) is 69.4 Å². The van der Waals surface area contributed by atoms with Crippen LogP contribution >= 0.6 is 23.2 Å². The molecule has 9 nitrogen and oxygen atoms in total. The third-order valence-electron chi connectivity index (χ3n) is 11.0. The molecule has 2 aromatic carbocycles. The zero-order valence-corrected chi connectivity index (χ0v) is 27.4. The second-order valence-electron chi connectivity index (χ2n) is 13.3. The molecule has 0 heterocycles. The number of fused-ring (bicyclic) bond motifs is 5. The number of nitrogens with one attached hydrogen (secondary N) is 1. The number of carboxylic acids is 1. The monoisotopic (exact) mass is 689 g/mol. The van der Waals surface area contributed by atoms with Gasteiger partial charge in [0.1, 0.15) is 6.61 Å². The van der Waals surface area contributed by atoms with Crippen molar-refractivity contribution in [3.63, 3.8) is 0 Å². The summed E-state index contributed by atoms with van der Waals surface area (Å²) in [5, 5.41) is 55.0. The van der Waals surface area contributed by atoms with Crippen LogP contribution in [0.4, 0.5) is 15.8 Å². The molecule has 4 aliphatic carbocycles. The molecular weight excluding hydrogens is 652 g/mol. The van der Waals surface area contributed by atoms with Crippen molar-refractivity contribution in [2.24, 2.45) is 22.7 Å². The number of rotatable bonds is 6. The maximum absolute atomic E-state index is 16.8. The molecular formula is C35H38Cl2FNO8. The first-order valence-electron chi connectivity index (χ1n) is 15.4. The number of allylic oxidation sites excluding steroid dienone is 4. The fourth-order valence-electron chi connectivity index (χ4n) is 8.56. The fourth-order valence-corrected chi connectivity index (χ4v) is 9.05. The van der Waals surface area contributed by atoms with E-state index >= 15 is 4.39 Å². The molecule has 0 unspecified atom stereocenters. The van der Waals surface area contributed by atoms with Gasteiger partial charge in [-0.15, -0.1) is 0 Å². The summed E-state index contributed by atoms with van der Waals surface area (Å²) in [6.45, 7) is 2.33. The molecule has 3 fully saturated rings. The van der Waals surface area contributed by atoms with Crippen molar-refractivity contribution in [1.29, 1.82) is 0 Å². The van der Waals surface area contributed by atoms with E-state index in [1.54, 1.807) is 50.2 Å². The number of anilines is 2. The van der Waals surface area contributed by atoms with E-state index < -0.39 is 64.5 Å². The second-order valence-corrected chi connectivity index (χ2v) is 14.1. The number of halogens is 3. The molecule has 0 spiro atoms. The Hall–Kier alpha value is -3.12. The molecule has 0 saturated heterocycles. The number of carbonyl (C=O) groups is 3. The Morgan fingerprint density at radius 3 is 2.32 bits per heavy atom. The number of Topliss-reactive ketones (excluding diaryl/α,β-unsaturated/α-hetero) is 1. The molecule has 4 aliphatic rings. The lowest BCUT2D eigenvalue weighted by atomic mass is 9.44. The lowest BCUT2D eigenvalue weighted by molar-refractivity contribution is -0.222. The molecule has 3 saturated carbocycles. The van der Waals surface area contributed by atoms with Crippen molar-refractivity contribution < 1.29 is 44.3 Å². The van der Waals surface area contributed by atoms with E-state index in [1.807, 2.05) is 6.07 Å². The van der Waals surface area contributed by atoms with Gasteiger partial charge in [0.15, 0.2) is 22.8 Å². The van der Waals surface area contributed by atoms with Crippen LogP contribution < -0.4 is 5.32 Å². The number of benzene rings is 2. The van der Waals surface area contributed by atoms with Gasteiger partial charge in [-0.25, -0.2) is 4.39 Å². The van der Waals surface area contributed by atoms with Crippen LogP contribution in [0, 0.1) is 22.7 Å². The van der Waals surface area contributed by atoms with Crippen molar-refractivity contribution >= 4 is 52.1 Å². The average Bonchev–Trinajstić information content (AvgIpc) is 3.22. The van der Waals surface area contributed by atoms with Crippen LogP contribution in [0.1, 0.15) is 45.1 Å². The van der Waals surface area contributed by atoms with Gasteiger partial charge in [-0.05, 0) is 74.4 Å². The zero-order valence-electron chi connectivity index (χ0n) is 25.9. The van der Waals surface area contributed by atoms with Gasteiger partial charge in [-0.2, -0.15) is 0 Å². The summed E-state index contributed by atoms with van der Waals surface area (Å²) in [4.78, 5) is 35.0. The van der Waals surface area contributed by atoms with Gasteiger partial charge in [0.05, 0.1) is 34.4 Å². The number of aliphatic hydroxyl groups is 4. The van der Waals surface area contributed by atoms with Crippen molar-refractivity contribution in [3.05, 3.63) is 81.9 Å². The van der Waals surface area contributed by atoms with Crippen LogP contribution in [-0.4, -0.2) is 73.2 Å². The number of aliphatic carboxylic acids is 1. The number of carboxylic acid groups (broad SMARTS) is 1. The minimum atomic E-state index is -2.23. The number of ketones is 2. The largest absolute Gasteiger partial charge is 0.481 e. The first-order chi connectivity index (χ1) is 22.0. The number of hydrogen-bond donors (Lipinski definition) is 6. The van der Waals surface area contributed by atoms with Gasteiger partial charge in [0.2, 0.25) is 0 Å². The van der Waals surface area contributed by atoms with Gasteiger partial charge < -0.3 is 30.8 Å². The molecule has 0 bridgehead atoms. The van der Waals surface area contributed by atoms with Gasteiger partial charge in [0, 0.05) is 22.4 Å². The van der Waals surface area contributed by atoms with Crippen LogP contribution in [0.15, 0.2) is 66.3 Å². The van der Waals surface area contributed by atoms with Gasteiger partial charge in [-0.1, -0.05) is 66.0 Å². The summed E-state index contributed by atoms with van der Waals surface area (Å²) < 4.78 is 16.8. The first kappa shape index (κ1) is 35.2. The Balaban J connectivity index is 0.000000199. The molecule has 12 heteroatoms. The van der Waals surface area contributed by atoms with E-state index in [9.17, 15) is 34.8 Å². The molecule has 0 radical (unpaired) electrons. The maximum Gasteiger partial charge on any atom is 0.307 e. The van der Waals surface area contributed by atoms with Crippen LogP contribution in [0.3, 0.4) is 0 Å². The van der Waals surface area contributed by atoms with Gasteiger partial charge in [0.25, 0.3) is 0 Å². The van der Waals surface area contributed by atoms with Crippen molar-refractivity contribution in [3.8, 4) is 0 Å². The molecule has 2 aromatic rings. The molecule has 0 aliphatic heterocycles. The van der Waals surface area contributed by atoms with Gasteiger partial charge >= 0.3 is 5.97 Å². The molecule has 0 aromatic heterocycles. The third kappa shape index (κ3) is 5.53. The average molecular weight is 691 g/mol. The fraction of sp³-hybridized carbons (Fsp3) is 0.457. The van der Waals surface area contributed by atoms with E-state index in [0.29, 0.717) is 45.4 Å². The molecule has 6 N–H and O–H groups in total. The number of hydrogen-bond acceptors (Lipinski definition) is 8. The third-order valence-corrected chi connectivity index (χ3v) is 11.6. The Morgan fingerprint density at radius 1 is 1.02 bits per heavy atom. The highest BCUT2D eigenvalue weighted by Gasteiger charge is 2.76. The molecule has 47 heavy (non-hydrogen) atoms. The summed E-state index contributed by atoms with van der Waals surface area (Å²) >= 11 is 12.1.